The van der Waals surface area contributed by atoms with E-state index in [0.29, 0.717) is 46.5 Å². The number of carbonyl (C=O) groups is 1. The molecular formula is C33H32FN5O4S. The monoisotopic (exact) mass is 613 g/mol. The third-order valence-electron chi connectivity index (χ3n) is 7.81. The van der Waals surface area contributed by atoms with Crippen LogP contribution in [0.25, 0.3) is 21.7 Å². The van der Waals surface area contributed by atoms with Crippen molar-refractivity contribution in [1.82, 2.24) is 19.9 Å². The van der Waals surface area contributed by atoms with Gasteiger partial charge in [0.05, 0.1) is 26.3 Å². The van der Waals surface area contributed by atoms with Gasteiger partial charge in [0.25, 0.3) is 5.56 Å². The van der Waals surface area contributed by atoms with E-state index in [9.17, 15) is 9.59 Å². The van der Waals surface area contributed by atoms with Gasteiger partial charge < -0.3 is 19.7 Å². The van der Waals surface area contributed by atoms with E-state index in [-0.39, 0.29) is 29.4 Å². The van der Waals surface area contributed by atoms with Gasteiger partial charge in [0.2, 0.25) is 5.91 Å². The first-order valence-corrected chi connectivity index (χ1v) is 15.2. The summed E-state index contributed by atoms with van der Waals surface area (Å²) in [5.74, 6) is 0.729. The van der Waals surface area contributed by atoms with Gasteiger partial charge in [0.15, 0.2) is 15.5 Å². The Hall–Kier alpha value is -4.77. The molecule has 0 saturated carbocycles. The molecule has 1 aliphatic rings. The molecule has 5 aromatic rings. The number of hydrogen-bond acceptors (Lipinski definition) is 8. The van der Waals surface area contributed by atoms with Crippen molar-refractivity contribution >= 4 is 32.7 Å². The molecule has 9 nitrogen and oxygen atoms in total. The largest absolute Gasteiger partial charge is 0.497 e. The number of nitrogens with zero attached hydrogens (tertiary/aromatic N) is 4. The van der Waals surface area contributed by atoms with Crippen molar-refractivity contribution in [2.45, 2.75) is 38.4 Å². The second-order valence-electron chi connectivity index (χ2n) is 10.5. The lowest BCUT2D eigenvalue weighted by molar-refractivity contribution is -0.123. The number of hydrogen-bond donors (Lipinski definition) is 1. The number of aromatic nitrogens is 3. The first-order chi connectivity index (χ1) is 21.5. The molecule has 0 bridgehead atoms. The van der Waals surface area contributed by atoms with Crippen LogP contribution >= 0.6 is 11.3 Å². The highest BCUT2D eigenvalue weighted by Gasteiger charge is 2.32. The average molecular weight is 614 g/mol. The van der Waals surface area contributed by atoms with E-state index in [4.69, 9.17) is 19.4 Å². The molecule has 1 aliphatic heterocycles. The highest BCUT2D eigenvalue weighted by Crippen LogP contribution is 2.33. The number of halogens is 1. The van der Waals surface area contributed by atoms with E-state index in [1.807, 2.05) is 35.2 Å². The fourth-order valence-electron chi connectivity index (χ4n) is 5.50. The summed E-state index contributed by atoms with van der Waals surface area (Å²) in [4.78, 5) is 39.4. The van der Waals surface area contributed by atoms with Gasteiger partial charge in [0, 0.05) is 24.7 Å². The molecule has 0 spiro atoms. The van der Waals surface area contributed by atoms with Gasteiger partial charge in [-0.15, -0.1) is 0 Å². The Balaban J connectivity index is 1.40. The van der Waals surface area contributed by atoms with Crippen LogP contribution in [0.4, 0.5) is 9.52 Å². The topological polar surface area (TPSA) is 98.6 Å². The molecule has 0 unspecified atom stereocenters. The van der Waals surface area contributed by atoms with Crippen molar-refractivity contribution in [3.8, 4) is 22.9 Å². The molecule has 11 heteroatoms. The van der Waals surface area contributed by atoms with Gasteiger partial charge in [-0.1, -0.05) is 53.8 Å². The molecule has 3 aromatic carbocycles. The predicted molar refractivity (Wildman–Crippen MR) is 169 cm³/mol. The minimum Gasteiger partial charge on any atom is -0.497 e. The SMILES string of the molecule is COc1ccc(Cn2c(-c3ccccc3F)nc3sc(N4CCCC[C@@H]4C(=O)NCc4ccccc4)nc3c2=O)c(OC)c1. The summed E-state index contributed by atoms with van der Waals surface area (Å²) in [6.45, 7) is 1.12. The number of amides is 1. The number of fused-ring (bicyclic) bond motifs is 1. The molecule has 1 saturated heterocycles. The Kier molecular flexibility index (Phi) is 8.56. The highest BCUT2D eigenvalue weighted by atomic mass is 32.1. The van der Waals surface area contributed by atoms with Crippen LogP contribution in [-0.2, 0) is 17.9 Å². The van der Waals surface area contributed by atoms with Crippen LogP contribution in [0.3, 0.4) is 0 Å². The van der Waals surface area contributed by atoms with Gasteiger partial charge in [0.1, 0.15) is 29.2 Å². The number of methoxy groups -OCH3 is 2. The number of carbonyl (C=O) groups excluding carboxylic acids is 1. The average Bonchev–Trinajstić information content (AvgIpc) is 3.50. The van der Waals surface area contributed by atoms with Gasteiger partial charge in [-0.25, -0.2) is 14.4 Å². The smallest absolute Gasteiger partial charge is 0.281 e. The molecule has 1 fully saturated rings. The Morgan fingerprint density at radius 2 is 1.82 bits per heavy atom. The number of thiazole rings is 1. The van der Waals surface area contributed by atoms with E-state index >= 15 is 4.39 Å². The normalized spacial score (nSPS) is 14.9. The zero-order chi connectivity index (χ0) is 30.6. The molecular weight excluding hydrogens is 581 g/mol. The predicted octanol–water partition coefficient (Wildman–Crippen LogP) is 5.40. The minimum atomic E-state index is -0.495. The lowest BCUT2D eigenvalue weighted by atomic mass is 10.0. The maximum atomic E-state index is 15.1. The van der Waals surface area contributed by atoms with Crippen LogP contribution in [0.2, 0.25) is 0 Å². The van der Waals surface area contributed by atoms with Crippen LogP contribution in [0, 0.1) is 5.82 Å². The molecule has 3 heterocycles. The second-order valence-corrected chi connectivity index (χ2v) is 11.5. The first kappa shape index (κ1) is 29.3. The van der Waals surface area contributed by atoms with Crippen molar-refractivity contribution in [2.75, 3.05) is 25.7 Å². The number of ether oxygens (including phenoxy) is 2. The molecule has 44 heavy (non-hydrogen) atoms. The molecule has 0 aliphatic carbocycles. The maximum Gasteiger partial charge on any atom is 0.281 e. The summed E-state index contributed by atoms with van der Waals surface area (Å²) < 4.78 is 27.5. The number of anilines is 1. The maximum absolute atomic E-state index is 15.1. The summed E-state index contributed by atoms with van der Waals surface area (Å²) in [5, 5.41) is 3.60. The number of rotatable bonds is 9. The summed E-state index contributed by atoms with van der Waals surface area (Å²) in [6, 6.07) is 20.9. The second kappa shape index (κ2) is 12.8. The van der Waals surface area contributed by atoms with Crippen molar-refractivity contribution in [3.63, 3.8) is 0 Å². The molecule has 1 atom stereocenters. The van der Waals surface area contributed by atoms with E-state index in [0.717, 1.165) is 18.4 Å². The van der Waals surface area contributed by atoms with Crippen molar-refractivity contribution in [1.29, 1.82) is 0 Å². The number of nitrogens with one attached hydrogen (secondary N) is 1. The van der Waals surface area contributed by atoms with Gasteiger partial charge >= 0.3 is 0 Å². The molecule has 1 amide bonds. The molecule has 226 valence electrons. The Morgan fingerprint density at radius 1 is 1.02 bits per heavy atom. The molecule has 2 aromatic heterocycles. The Bertz CT molecular complexity index is 1860. The van der Waals surface area contributed by atoms with Gasteiger partial charge in [-0.2, -0.15) is 0 Å². The molecule has 1 N–H and O–H groups in total. The fourth-order valence-corrected chi connectivity index (χ4v) is 6.51. The van der Waals surface area contributed by atoms with Crippen molar-refractivity contribution in [3.05, 3.63) is 100 Å². The summed E-state index contributed by atoms with van der Waals surface area (Å²) in [7, 11) is 3.10. The lowest BCUT2D eigenvalue weighted by Gasteiger charge is -2.34. The van der Waals surface area contributed by atoms with E-state index in [1.54, 1.807) is 43.5 Å². The van der Waals surface area contributed by atoms with Crippen LogP contribution in [-0.4, -0.2) is 47.2 Å². The van der Waals surface area contributed by atoms with Crippen LogP contribution < -0.4 is 25.2 Å². The highest BCUT2D eigenvalue weighted by molar-refractivity contribution is 7.21. The zero-order valence-electron chi connectivity index (χ0n) is 24.5. The molecule has 0 radical (unpaired) electrons. The molecule has 6 rings (SSSR count). The summed E-state index contributed by atoms with van der Waals surface area (Å²) in [6.07, 6.45) is 2.48. The number of benzene rings is 3. The Labute approximate surface area is 257 Å². The first-order valence-electron chi connectivity index (χ1n) is 14.4. The Morgan fingerprint density at radius 3 is 2.59 bits per heavy atom. The van der Waals surface area contributed by atoms with E-state index < -0.39 is 17.4 Å². The van der Waals surface area contributed by atoms with Crippen LogP contribution in [0.5, 0.6) is 11.5 Å². The van der Waals surface area contributed by atoms with Crippen LogP contribution in [0.15, 0.2) is 77.6 Å². The van der Waals surface area contributed by atoms with Crippen LogP contribution in [0.1, 0.15) is 30.4 Å². The fraction of sp³-hybridized carbons (Fsp3) is 0.273. The lowest BCUT2D eigenvalue weighted by Crippen LogP contribution is -2.49. The third-order valence-corrected chi connectivity index (χ3v) is 8.79. The van der Waals surface area contributed by atoms with Gasteiger partial charge in [-0.3, -0.25) is 14.2 Å². The summed E-state index contributed by atoms with van der Waals surface area (Å²) in [5.41, 5.74) is 1.67. The quantitative estimate of drug-likeness (QED) is 0.238. The zero-order valence-corrected chi connectivity index (χ0v) is 25.3. The van der Waals surface area contributed by atoms with E-state index in [1.165, 1.54) is 29.1 Å². The van der Waals surface area contributed by atoms with Gasteiger partial charge in [-0.05, 0) is 49.1 Å². The number of piperidine rings is 1. The summed E-state index contributed by atoms with van der Waals surface area (Å²) >= 11 is 1.24. The van der Waals surface area contributed by atoms with Crippen molar-refractivity contribution < 1.29 is 18.7 Å². The van der Waals surface area contributed by atoms with Crippen molar-refractivity contribution in [2.24, 2.45) is 0 Å². The minimum absolute atomic E-state index is 0.0691. The standard InChI is InChI=1S/C33H32FN5O4S/c1-42-23-16-15-22(27(18-23)43-2)20-39-29(24-12-6-7-13-25(24)34)37-31-28(32(39)41)36-33(44-31)38-17-9-8-14-26(38)30(40)35-19-21-10-4-3-5-11-21/h3-7,10-13,15-16,18,26H,8-9,14,17,19-20H2,1-2H3,(H,35,40)/t26-/m1/s1. The third kappa shape index (κ3) is 5.87. The van der Waals surface area contributed by atoms with E-state index in [2.05, 4.69) is 5.32 Å².